The van der Waals surface area contributed by atoms with Crippen LogP contribution in [-0.2, 0) is 9.53 Å². The van der Waals surface area contributed by atoms with Gasteiger partial charge < -0.3 is 9.64 Å². The fourth-order valence-corrected chi connectivity index (χ4v) is 2.21. The number of halogens is 1. The molecule has 0 bridgehead atoms. The minimum absolute atomic E-state index is 0.0787. The zero-order chi connectivity index (χ0) is 12.1. The Morgan fingerprint density at radius 2 is 2.19 bits per heavy atom. The van der Waals surface area contributed by atoms with Gasteiger partial charge in [-0.15, -0.1) is 11.6 Å². The van der Waals surface area contributed by atoms with Crippen LogP contribution in [0.5, 0.6) is 0 Å². The molecule has 0 aromatic rings. The van der Waals surface area contributed by atoms with Gasteiger partial charge in [-0.25, -0.2) is 0 Å². The number of amides is 1. The maximum atomic E-state index is 11.9. The molecule has 3 unspecified atom stereocenters. The second-order valence-corrected chi connectivity index (χ2v) is 5.04. The summed E-state index contributed by atoms with van der Waals surface area (Å²) in [7, 11) is 0. The molecule has 0 aromatic heterocycles. The SMILES string of the molecule is CCOCC1CN(C(=O)C(Cl)CC)CC1C. The van der Waals surface area contributed by atoms with Gasteiger partial charge in [0.2, 0.25) is 5.91 Å². The van der Waals surface area contributed by atoms with Crippen LogP contribution in [0.25, 0.3) is 0 Å². The van der Waals surface area contributed by atoms with Crippen molar-refractivity contribution in [1.82, 2.24) is 4.90 Å². The van der Waals surface area contributed by atoms with Crippen LogP contribution in [0.1, 0.15) is 27.2 Å². The predicted molar refractivity (Wildman–Crippen MR) is 65.7 cm³/mol. The summed E-state index contributed by atoms with van der Waals surface area (Å²) in [6.45, 7) is 9.21. The quantitative estimate of drug-likeness (QED) is 0.697. The summed E-state index contributed by atoms with van der Waals surface area (Å²) in [5.74, 6) is 1.05. The molecule has 94 valence electrons. The lowest BCUT2D eigenvalue weighted by atomic mass is 9.99. The van der Waals surface area contributed by atoms with Crippen LogP contribution in [0.4, 0.5) is 0 Å². The topological polar surface area (TPSA) is 29.5 Å². The van der Waals surface area contributed by atoms with Gasteiger partial charge >= 0.3 is 0 Å². The fourth-order valence-electron chi connectivity index (χ4n) is 2.07. The molecule has 0 N–H and O–H groups in total. The normalized spacial score (nSPS) is 27.1. The molecule has 1 aliphatic heterocycles. The third kappa shape index (κ3) is 3.36. The number of alkyl halides is 1. The largest absolute Gasteiger partial charge is 0.381 e. The maximum absolute atomic E-state index is 11.9. The van der Waals surface area contributed by atoms with Gasteiger partial charge in [0.1, 0.15) is 5.38 Å². The molecule has 1 aliphatic rings. The van der Waals surface area contributed by atoms with Crippen LogP contribution in [0.3, 0.4) is 0 Å². The van der Waals surface area contributed by atoms with Crippen molar-refractivity contribution in [3.8, 4) is 0 Å². The van der Waals surface area contributed by atoms with Gasteiger partial charge in [0, 0.05) is 25.6 Å². The first-order valence-corrected chi connectivity index (χ1v) is 6.54. The zero-order valence-electron chi connectivity index (χ0n) is 10.4. The molecule has 3 atom stereocenters. The Labute approximate surface area is 103 Å². The molecular formula is C12H22ClNO2. The van der Waals surface area contributed by atoms with Crippen molar-refractivity contribution in [2.45, 2.75) is 32.6 Å². The predicted octanol–water partition coefficient (Wildman–Crippen LogP) is 2.13. The molecule has 0 aliphatic carbocycles. The van der Waals surface area contributed by atoms with Crippen LogP contribution < -0.4 is 0 Å². The molecule has 1 rings (SSSR count). The summed E-state index contributed by atoms with van der Waals surface area (Å²) in [6.07, 6.45) is 0.696. The Morgan fingerprint density at radius 1 is 1.50 bits per heavy atom. The first-order valence-electron chi connectivity index (χ1n) is 6.10. The third-order valence-corrected chi connectivity index (χ3v) is 3.74. The highest BCUT2D eigenvalue weighted by molar-refractivity contribution is 6.30. The van der Waals surface area contributed by atoms with E-state index in [1.807, 2.05) is 18.7 Å². The Morgan fingerprint density at radius 3 is 2.75 bits per heavy atom. The molecule has 1 fully saturated rings. The van der Waals surface area contributed by atoms with E-state index < -0.39 is 0 Å². The number of carbonyl (C=O) groups is 1. The Balaban J connectivity index is 2.45. The molecular weight excluding hydrogens is 226 g/mol. The number of nitrogens with zero attached hydrogens (tertiary/aromatic N) is 1. The van der Waals surface area contributed by atoms with Crippen LogP contribution in [0, 0.1) is 11.8 Å². The number of ether oxygens (including phenoxy) is 1. The van der Waals surface area contributed by atoms with Crippen molar-refractivity contribution in [1.29, 1.82) is 0 Å². The van der Waals surface area contributed by atoms with Gasteiger partial charge in [-0.1, -0.05) is 13.8 Å². The van der Waals surface area contributed by atoms with E-state index in [4.69, 9.17) is 16.3 Å². The molecule has 0 aromatic carbocycles. The Bertz CT molecular complexity index is 235. The van der Waals surface area contributed by atoms with Crippen molar-refractivity contribution in [2.75, 3.05) is 26.3 Å². The van der Waals surface area contributed by atoms with Gasteiger partial charge in [0.25, 0.3) is 0 Å². The monoisotopic (exact) mass is 247 g/mol. The van der Waals surface area contributed by atoms with Gasteiger partial charge in [-0.3, -0.25) is 4.79 Å². The van der Waals surface area contributed by atoms with Gasteiger partial charge in [0.05, 0.1) is 6.61 Å². The van der Waals surface area contributed by atoms with E-state index in [1.165, 1.54) is 0 Å². The first-order chi connectivity index (χ1) is 7.60. The van der Waals surface area contributed by atoms with E-state index in [2.05, 4.69) is 6.92 Å². The molecule has 4 heteroatoms. The van der Waals surface area contributed by atoms with Crippen molar-refractivity contribution < 1.29 is 9.53 Å². The van der Waals surface area contributed by atoms with Crippen molar-refractivity contribution >= 4 is 17.5 Å². The van der Waals surface area contributed by atoms with E-state index in [-0.39, 0.29) is 11.3 Å². The minimum Gasteiger partial charge on any atom is -0.381 e. The molecule has 0 saturated carbocycles. The third-order valence-electron chi connectivity index (χ3n) is 3.24. The highest BCUT2D eigenvalue weighted by atomic mass is 35.5. The summed E-state index contributed by atoms with van der Waals surface area (Å²) < 4.78 is 5.43. The highest BCUT2D eigenvalue weighted by Crippen LogP contribution is 2.24. The molecule has 1 amide bonds. The minimum atomic E-state index is -0.363. The van der Waals surface area contributed by atoms with E-state index in [9.17, 15) is 4.79 Å². The maximum Gasteiger partial charge on any atom is 0.240 e. The van der Waals surface area contributed by atoms with Crippen LogP contribution in [0.2, 0.25) is 0 Å². The average molecular weight is 248 g/mol. The highest BCUT2D eigenvalue weighted by Gasteiger charge is 2.34. The summed E-state index contributed by atoms with van der Waals surface area (Å²) >= 11 is 5.97. The smallest absolute Gasteiger partial charge is 0.240 e. The number of rotatable bonds is 5. The summed E-state index contributed by atoms with van der Waals surface area (Å²) in [4.78, 5) is 13.8. The average Bonchev–Trinajstić information content (AvgIpc) is 2.66. The molecule has 0 spiro atoms. The molecule has 1 heterocycles. The second kappa shape index (κ2) is 6.45. The number of carbonyl (C=O) groups excluding carboxylic acids is 1. The van der Waals surface area contributed by atoms with Gasteiger partial charge in [0.15, 0.2) is 0 Å². The van der Waals surface area contributed by atoms with E-state index >= 15 is 0 Å². The van der Waals surface area contributed by atoms with Crippen molar-refractivity contribution in [3.63, 3.8) is 0 Å². The van der Waals surface area contributed by atoms with Gasteiger partial charge in [-0.2, -0.15) is 0 Å². The zero-order valence-corrected chi connectivity index (χ0v) is 11.2. The number of likely N-dealkylation sites (tertiary alicyclic amines) is 1. The van der Waals surface area contributed by atoms with Gasteiger partial charge in [-0.05, 0) is 19.3 Å². The second-order valence-electron chi connectivity index (χ2n) is 4.52. The number of hydrogen-bond donors (Lipinski definition) is 0. The number of hydrogen-bond acceptors (Lipinski definition) is 2. The lowest BCUT2D eigenvalue weighted by Gasteiger charge is -2.18. The lowest BCUT2D eigenvalue weighted by molar-refractivity contribution is -0.130. The molecule has 0 radical (unpaired) electrons. The summed E-state index contributed by atoms with van der Waals surface area (Å²) in [5.41, 5.74) is 0. The van der Waals surface area contributed by atoms with Crippen molar-refractivity contribution in [3.05, 3.63) is 0 Å². The lowest BCUT2D eigenvalue weighted by Crippen LogP contribution is -2.35. The summed E-state index contributed by atoms with van der Waals surface area (Å²) in [6, 6.07) is 0. The first kappa shape index (κ1) is 13.8. The van der Waals surface area contributed by atoms with Crippen LogP contribution in [-0.4, -0.2) is 42.5 Å². The standard InChI is InChI=1S/C12H22ClNO2/c1-4-11(13)12(15)14-6-9(3)10(7-14)8-16-5-2/h9-11H,4-8H2,1-3H3. The molecule has 16 heavy (non-hydrogen) atoms. The van der Waals surface area contributed by atoms with Crippen LogP contribution >= 0.6 is 11.6 Å². The Kier molecular flexibility index (Phi) is 5.56. The van der Waals surface area contributed by atoms with E-state index in [0.717, 1.165) is 26.3 Å². The van der Waals surface area contributed by atoms with Crippen LogP contribution in [0.15, 0.2) is 0 Å². The molecule has 3 nitrogen and oxygen atoms in total. The Hall–Kier alpha value is -0.280. The molecule has 1 saturated heterocycles. The van der Waals surface area contributed by atoms with E-state index in [0.29, 0.717) is 18.3 Å². The van der Waals surface area contributed by atoms with Crippen molar-refractivity contribution in [2.24, 2.45) is 11.8 Å². The summed E-state index contributed by atoms with van der Waals surface area (Å²) in [5, 5.41) is -0.363. The fraction of sp³-hybridized carbons (Fsp3) is 0.917. The van der Waals surface area contributed by atoms with E-state index in [1.54, 1.807) is 0 Å².